The second-order valence-electron chi connectivity index (χ2n) is 7.47. The largest absolute Gasteiger partial charge is 0.490 e. The van der Waals surface area contributed by atoms with E-state index in [9.17, 15) is 9.59 Å². The summed E-state index contributed by atoms with van der Waals surface area (Å²) in [5.41, 5.74) is 3.11. The van der Waals surface area contributed by atoms with Gasteiger partial charge in [0.15, 0.2) is 0 Å². The number of hydrogen-bond acceptors (Lipinski definition) is 3. The maximum absolute atomic E-state index is 12.6. The van der Waals surface area contributed by atoms with E-state index in [4.69, 9.17) is 4.74 Å². The van der Waals surface area contributed by atoms with Crippen molar-refractivity contribution in [3.8, 4) is 5.75 Å². The predicted molar refractivity (Wildman–Crippen MR) is 111 cm³/mol. The number of carbonyl (C=O) groups excluding carboxylic acids is 2. The minimum atomic E-state index is -0.115. The van der Waals surface area contributed by atoms with E-state index in [0.29, 0.717) is 24.8 Å². The van der Waals surface area contributed by atoms with Crippen molar-refractivity contribution >= 4 is 17.5 Å². The SMILES string of the molecule is CC(C)c1ccc(C(C)NC(=O)CCC(=O)N2CCOc3ccccc32)cc1. The maximum Gasteiger partial charge on any atom is 0.227 e. The molecule has 28 heavy (non-hydrogen) atoms. The molecule has 0 fully saturated rings. The average molecular weight is 380 g/mol. The summed E-state index contributed by atoms with van der Waals surface area (Å²) in [7, 11) is 0. The lowest BCUT2D eigenvalue weighted by molar-refractivity contribution is -0.125. The third-order valence-electron chi connectivity index (χ3n) is 5.08. The van der Waals surface area contributed by atoms with Gasteiger partial charge in [-0.05, 0) is 36.1 Å². The second-order valence-corrected chi connectivity index (χ2v) is 7.47. The van der Waals surface area contributed by atoms with E-state index in [2.05, 4.69) is 43.4 Å². The molecule has 1 atom stereocenters. The molecule has 0 radical (unpaired) electrons. The number of anilines is 1. The van der Waals surface area contributed by atoms with E-state index in [0.717, 1.165) is 11.3 Å². The Morgan fingerprint density at radius 2 is 1.68 bits per heavy atom. The number of rotatable bonds is 6. The number of amides is 2. The van der Waals surface area contributed by atoms with Crippen LogP contribution in [0.5, 0.6) is 5.75 Å². The molecular weight excluding hydrogens is 352 g/mol. The summed E-state index contributed by atoms with van der Waals surface area (Å²) >= 11 is 0. The molecule has 5 nitrogen and oxygen atoms in total. The molecule has 0 spiro atoms. The van der Waals surface area contributed by atoms with Crippen molar-refractivity contribution < 1.29 is 14.3 Å². The van der Waals surface area contributed by atoms with Gasteiger partial charge in [0.05, 0.1) is 18.3 Å². The van der Waals surface area contributed by atoms with Gasteiger partial charge in [0.2, 0.25) is 11.8 Å². The Hall–Kier alpha value is -2.82. The Kier molecular flexibility index (Phi) is 6.34. The van der Waals surface area contributed by atoms with Crippen molar-refractivity contribution in [2.45, 2.75) is 45.6 Å². The predicted octanol–water partition coefficient (Wildman–Crippen LogP) is 4.19. The summed E-state index contributed by atoms with van der Waals surface area (Å²) in [6.07, 6.45) is 0.353. The zero-order valence-corrected chi connectivity index (χ0v) is 16.8. The minimum Gasteiger partial charge on any atom is -0.490 e. The number of nitrogens with one attached hydrogen (secondary N) is 1. The first-order valence-electron chi connectivity index (χ1n) is 9.87. The van der Waals surface area contributed by atoms with Gasteiger partial charge in [0.25, 0.3) is 0 Å². The van der Waals surface area contributed by atoms with Crippen molar-refractivity contribution in [3.05, 3.63) is 59.7 Å². The first kappa shape index (κ1) is 19.9. The summed E-state index contributed by atoms with van der Waals surface area (Å²) in [5.74, 6) is 1.02. The molecule has 1 N–H and O–H groups in total. The number of carbonyl (C=O) groups is 2. The van der Waals surface area contributed by atoms with Crippen molar-refractivity contribution in [1.82, 2.24) is 5.32 Å². The molecule has 1 heterocycles. The highest BCUT2D eigenvalue weighted by Crippen LogP contribution is 2.31. The smallest absolute Gasteiger partial charge is 0.227 e. The summed E-state index contributed by atoms with van der Waals surface area (Å²) in [6, 6.07) is 15.7. The molecular formula is C23H28N2O3. The molecule has 0 aliphatic carbocycles. The minimum absolute atomic E-state index is 0.0557. The molecule has 1 unspecified atom stereocenters. The molecule has 0 saturated heterocycles. The molecule has 1 aliphatic rings. The van der Waals surface area contributed by atoms with E-state index >= 15 is 0 Å². The Morgan fingerprint density at radius 1 is 1.00 bits per heavy atom. The van der Waals surface area contributed by atoms with E-state index in [1.54, 1.807) is 4.90 Å². The van der Waals surface area contributed by atoms with Crippen LogP contribution >= 0.6 is 0 Å². The van der Waals surface area contributed by atoms with Gasteiger partial charge in [0, 0.05) is 12.8 Å². The maximum atomic E-state index is 12.6. The molecule has 148 valence electrons. The fourth-order valence-electron chi connectivity index (χ4n) is 3.35. The van der Waals surface area contributed by atoms with Gasteiger partial charge < -0.3 is 15.0 Å². The highest BCUT2D eigenvalue weighted by Gasteiger charge is 2.23. The summed E-state index contributed by atoms with van der Waals surface area (Å²) in [6.45, 7) is 7.25. The number of nitrogens with zero attached hydrogens (tertiary/aromatic N) is 1. The van der Waals surface area contributed by atoms with E-state index in [1.807, 2.05) is 31.2 Å². The highest BCUT2D eigenvalue weighted by molar-refractivity contribution is 5.97. The molecule has 2 amide bonds. The van der Waals surface area contributed by atoms with Gasteiger partial charge in [-0.25, -0.2) is 0 Å². The molecule has 0 aromatic heterocycles. The van der Waals surface area contributed by atoms with Crippen LogP contribution in [-0.4, -0.2) is 25.0 Å². The summed E-state index contributed by atoms with van der Waals surface area (Å²) in [4.78, 5) is 26.6. The van der Waals surface area contributed by atoms with Crippen molar-refractivity contribution in [3.63, 3.8) is 0 Å². The molecule has 1 aliphatic heterocycles. The van der Waals surface area contributed by atoms with Crippen molar-refractivity contribution in [2.75, 3.05) is 18.1 Å². The first-order valence-corrected chi connectivity index (χ1v) is 9.87. The average Bonchev–Trinajstić information content (AvgIpc) is 2.71. The van der Waals surface area contributed by atoms with E-state index < -0.39 is 0 Å². The Morgan fingerprint density at radius 3 is 2.39 bits per heavy atom. The topological polar surface area (TPSA) is 58.6 Å². The molecule has 2 aromatic carbocycles. The lowest BCUT2D eigenvalue weighted by Crippen LogP contribution is -2.38. The Labute approximate surface area is 166 Å². The quantitative estimate of drug-likeness (QED) is 0.817. The molecule has 2 aromatic rings. The zero-order valence-electron chi connectivity index (χ0n) is 16.8. The fourth-order valence-corrected chi connectivity index (χ4v) is 3.35. The van der Waals surface area contributed by atoms with Crippen LogP contribution in [0.2, 0.25) is 0 Å². The number of benzene rings is 2. The lowest BCUT2D eigenvalue weighted by Gasteiger charge is -2.29. The number of fused-ring (bicyclic) bond motifs is 1. The summed E-state index contributed by atoms with van der Waals surface area (Å²) < 4.78 is 5.58. The van der Waals surface area contributed by atoms with Gasteiger partial charge in [-0.2, -0.15) is 0 Å². The van der Waals surface area contributed by atoms with E-state index in [-0.39, 0.29) is 30.7 Å². The highest BCUT2D eigenvalue weighted by atomic mass is 16.5. The van der Waals surface area contributed by atoms with Crippen molar-refractivity contribution in [2.24, 2.45) is 0 Å². The van der Waals surface area contributed by atoms with Crippen molar-refractivity contribution in [1.29, 1.82) is 0 Å². The van der Waals surface area contributed by atoms with Gasteiger partial charge in [-0.3, -0.25) is 9.59 Å². The van der Waals surface area contributed by atoms with Crippen LogP contribution < -0.4 is 15.0 Å². The molecule has 0 saturated carbocycles. The van der Waals surface area contributed by atoms with Gasteiger partial charge in [0.1, 0.15) is 12.4 Å². The number of hydrogen-bond donors (Lipinski definition) is 1. The van der Waals surface area contributed by atoms with Crippen LogP contribution in [0.1, 0.15) is 56.7 Å². The van der Waals surface area contributed by atoms with Gasteiger partial charge >= 0.3 is 0 Å². The van der Waals surface area contributed by atoms with Crippen LogP contribution in [0.15, 0.2) is 48.5 Å². The third kappa shape index (κ3) is 4.71. The number of ether oxygens (including phenoxy) is 1. The van der Waals surface area contributed by atoms with E-state index in [1.165, 1.54) is 5.56 Å². The normalized spacial score (nSPS) is 14.2. The molecule has 3 rings (SSSR count). The van der Waals surface area contributed by atoms with Crippen LogP contribution in [-0.2, 0) is 9.59 Å². The Bertz CT molecular complexity index is 830. The standard InChI is InChI=1S/C23H28N2O3/c1-16(2)18-8-10-19(11-9-18)17(3)24-22(26)12-13-23(27)25-14-15-28-21-7-5-4-6-20(21)25/h4-11,16-17H,12-15H2,1-3H3,(H,24,26). The first-order chi connectivity index (χ1) is 13.5. The molecule has 5 heteroatoms. The van der Waals surface area contributed by atoms with Crippen LogP contribution in [0.4, 0.5) is 5.69 Å². The van der Waals surface area contributed by atoms with Crippen LogP contribution in [0.3, 0.4) is 0 Å². The number of para-hydroxylation sites is 2. The monoisotopic (exact) mass is 380 g/mol. The third-order valence-corrected chi connectivity index (χ3v) is 5.08. The summed E-state index contributed by atoms with van der Waals surface area (Å²) in [5, 5.41) is 2.99. The molecule has 0 bridgehead atoms. The lowest BCUT2D eigenvalue weighted by atomic mass is 9.99. The van der Waals surface area contributed by atoms with Crippen LogP contribution in [0, 0.1) is 0 Å². The second kappa shape index (κ2) is 8.91. The fraction of sp³-hybridized carbons (Fsp3) is 0.391. The van der Waals surface area contributed by atoms with Gasteiger partial charge in [-0.15, -0.1) is 0 Å². The van der Waals surface area contributed by atoms with Gasteiger partial charge in [-0.1, -0.05) is 50.2 Å². The Balaban J connectivity index is 1.52. The zero-order chi connectivity index (χ0) is 20.1. The van der Waals surface area contributed by atoms with Crippen LogP contribution in [0.25, 0.3) is 0 Å².